The molecule has 2 N–H and O–H groups in total. The van der Waals surface area contributed by atoms with Gasteiger partial charge in [0.25, 0.3) is 0 Å². The van der Waals surface area contributed by atoms with E-state index in [4.69, 9.17) is 0 Å². The molecule has 2 saturated carbocycles. The molecule has 0 unspecified atom stereocenters. The SMILES string of the molecule is CC#C[C@]1(O)CC[C@H]2[C@@H]3CCC4=CC(=O)CCC4=C3[C@@H](c3ccc(O)c(C)c3)C[C@@]21C. The van der Waals surface area contributed by atoms with Crippen molar-refractivity contribution in [1.29, 1.82) is 0 Å². The second-order valence-corrected chi connectivity index (χ2v) is 10.3. The van der Waals surface area contributed by atoms with Gasteiger partial charge in [-0.15, -0.1) is 5.92 Å². The summed E-state index contributed by atoms with van der Waals surface area (Å²) in [6, 6.07) is 5.96. The van der Waals surface area contributed by atoms with Crippen molar-refractivity contribution in [2.45, 2.75) is 77.2 Å². The number of ketones is 1. The van der Waals surface area contributed by atoms with Gasteiger partial charge in [-0.25, -0.2) is 0 Å². The predicted molar refractivity (Wildman–Crippen MR) is 122 cm³/mol. The first-order valence-corrected chi connectivity index (χ1v) is 11.7. The fourth-order valence-electron chi connectivity index (χ4n) is 7.27. The molecule has 0 aromatic heterocycles. The highest BCUT2D eigenvalue weighted by Crippen LogP contribution is 2.66. The fraction of sp³-hybridized carbons (Fsp3) is 0.536. The van der Waals surface area contributed by atoms with E-state index in [2.05, 4.69) is 24.8 Å². The highest BCUT2D eigenvalue weighted by molar-refractivity contribution is 5.93. The van der Waals surface area contributed by atoms with Crippen molar-refractivity contribution < 1.29 is 15.0 Å². The molecule has 5 rings (SSSR count). The molecule has 0 aliphatic heterocycles. The van der Waals surface area contributed by atoms with Crippen LogP contribution in [0.1, 0.15) is 75.8 Å². The molecule has 0 amide bonds. The zero-order valence-electron chi connectivity index (χ0n) is 18.8. The summed E-state index contributed by atoms with van der Waals surface area (Å²) in [7, 11) is 0. The molecule has 31 heavy (non-hydrogen) atoms. The molecule has 1 aromatic carbocycles. The third kappa shape index (κ3) is 2.95. The van der Waals surface area contributed by atoms with E-state index in [0.717, 1.165) is 44.1 Å². The smallest absolute Gasteiger partial charge is 0.156 e. The molecule has 1 aromatic rings. The van der Waals surface area contributed by atoms with Gasteiger partial charge in [-0.1, -0.05) is 30.6 Å². The monoisotopic (exact) mass is 416 g/mol. The molecule has 0 radical (unpaired) electrons. The molecule has 4 aliphatic carbocycles. The molecular weight excluding hydrogens is 384 g/mol. The fourth-order valence-corrected chi connectivity index (χ4v) is 7.27. The maximum atomic E-state index is 12.1. The van der Waals surface area contributed by atoms with E-state index >= 15 is 0 Å². The Kier molecular flexibility index (Phi) is 4.72. The van der Waals surface area contributed by atoms with Crippen molar-refractivity contribution in [3.63, 3.8) is 0 Å². The summed E-state index contributed by atoms with van der Waals surface area (Å²) >= 11 is 0. The van der Waals surface area contributed by atoms with Crippen molar-refractivity contribution in [2.24, 2.45) is 17.3 Å². The van der Waals surface area contributed by atoms with Crippen LogP contribution in [-0.2, 0) is 4.79 Å². The molecule has 162 valence electrons. The minimum atomic E-state index is -0.953. The number of hydrogen-bond donors (Lipinski definition) is 2. The van der Waals surface area contributed by atoms with Crippen molar-refractivity contribution in [3.8, 4) is 17.6 Å². The number of carbonyl (C=O) groups is 1. The van der Waals surface area contributed by atoms with Crippen LogP contribution in [0.15, 0.2) is 41.0 Å². The summed E-state index contributed by atoms with van der Waals surface area (Å²) in [5.41, 5.74) is 5.02. The minimum Gasteiger partial charge on any atom is -0.508 e. The summed E-state index contributed by atoms with van der Waals surface area (Å²) in [5.74, 6) is 7.80. The number of phenols is 1. The quantitative estimate of drug-likeness (QED) is 0.607. The van der Waals surface area contributed by atoms with Gasteiger partial charge in [-0.2, -0.15) is 0 Å². The van der Waals surface area contributed by atoms with E-state index in [1.54, 1.807) is 6.07 Å². The average molecular weight is 417 g/mol. The molecule has 0 saturated heterocycles. The number of benzene rings is 1. The summed E-state index contributed by atoms with van der Waals surface area (Å²) in [6.07, 6.45) is 7.92. The zero-order chi connectivity index (χ0) is 22.0. The first-order valence-electron chi connectivity index (χ1n) is 11.7. The number of hydrogen-bond acceptors (Lipinski definition) is 3. The van der Waals surface area contributed by atoms with Gasteiger partial charge in [0.2, 0.25) is 0 Å². The standard InChI is InChI=1S/C28H32O3/c1-4-12-28(31)13-11-24-22-8-5-19-15-20(29)7-9-21(19)26(22)23(16-27(24,28)3)18-6-10-25(30)17(2)14-18/h6,10,14-15,22-24,30-31H,5,7-9,11,13,16H2,1-3H3/t22-,23+,24-,27-,28-/m0/s1. The lowest BCUT2D eigenvalue weighted by Crippen LogP contribution is -2.51. The maximum absolute atomic E-state index is 12.1. The van der Waals surface area contributed by atoms with E-state index in [0.29, 0.717) is 24.0 Å². The molecule has 4 aliphatic rings. The van der Waals surface area contributed by atoms with Crippen molar-refractivity contribution in [3.05, 3.63) is 52.1 Å². The Balaban J connectivity index is 1.71. The van der Waals surface area contributed by atoms with Gasteiger partial charge in [-0.3, -0.25) is 4.79 Å². The number of fused-ring (bicyclic) bond motifs is 4. The van der Waals surface area contributed by atoms with Gasteiger partial charge in [-0.05, 0) is 98.6 Å². The van der Waals surface area contributed by atoms with Crippen molar-refractivity contribution in [1.82, 2.24) is 0 Å². The van der Waals surface area contributed by atoms with Crippen LogP contribution in [0.4, 0.5) is 0 Å². The van der Waals surface area contributed by atoms with Crippen LogP contribution in [0.3, 0.4) is 0 Å². The molecule has 3 nitrogen and oxygen atoms in total. The molecule has 0 bridgehead atoms. The largest absolute Gasteiger partial charge is 0.508 e. The van der Waals surface area contributed by atoms with Gasteiger partial charge >= 0.3 is 0 Å². The van der Waals surface area contributed by atoms with Crippen LogP contribution in [-0.4, -0.2) is 21.6 Å². The Hall–Kier alpha value is -2.31. The van der Waals surface area contributed by atoms with E-state index < -0.39 is 5.60 Å². The third-order valence-corrected chi connectivity index (χ3v) is 8.84. The molecular formula is C28H32O3. The highest BCUT2D eigenvalue weighted by Gasteiger charge is 2.62. The molecule has 5 atom stereocenters. The van der Waals surface area contributed by atoms with Crippen LogP contribution >= 0.6 is 0 Å². The van der Waals surface area contributed by atoms with Crippen LogP contribution in [0.25, 0.3) is 0 Å². The highest BCUT2D eigenvalue weighted by atomic mass is 16.3. The second kappa shape index (κ2) is 7.10. The Bertz CT molecular complexity index is 1080. The molecule has 0 heterocycles. The number of allylic oxidation sites excluding steroid dienone is 4. The van der Waals surface area contributed by atoms with Crippen LogP contribution in [0, 0.1) is 36.0 Å². The van der Waals surface area contributed by atoms with Gasteiger partial charge in [0.1, 0.15) is 11.4 Å². The number of rotatable bonds is 1. The van der Waals surface area contributed by atoms with Gasteiger partial charge < -0.3 is 10.2 Å². The topological polar surface area (TPSA) is 57.5 Å². The van der Waals surface area contributed by atoms with E-state index in [9.17, 15) is 15.0 Å². The third-order valence-electron chi connectivity index (χ3n) is 8.84. The van der Waals surface area contributed by atoms with Gasteiger partial charge in [0.15, 0.2) is 5.78 Å². The van der Waals surface area contributed by atoms with E-state index in [1.165, 1.54) is 22.3 Å². The van der Waals surface area contributed by atoms with Gasteiger partial charge in [0.05, 0.1) is 0 Å². The zero-order valence-corrected chi connectivity index (χ0v) is 18.8. The second-order valence-electron chi connectivity index (χ2n) is 10.3. The minimum absolute atomic E-state index is 0.181. The lowest BCUT2D eigenvalue weighted by Gasteiger charge is -2.53. The number of aliphatic hydroxyl groups is 1. The summed E-state index contributed by atoms with van der Waals surface area (Å²) in [6.45, 7) is 6.02. The molecule has 3 heteroatoms. The number of phenolic OH excluding ortho intramolecular Hbond substituents is 1. The average Bonchev–Trinajstić information content (AvgIpc) is 3.00. The van der Waals surface area contributed by atoms with Crippen molar-refractivity contribution >= 4 is 5.78 Å². The van der Waals surface area contributed by atoms with Crippen LogP contribution < -0.4 is 0 Å². The van der Waals surface area contributed by atoms with Crippen LogP contribution in [0.5, 0.6) is 5.75 Å². The number of carbonyl (C=O) groups excluding carboxylic acids is 1. The number of aromatic hydroxyl groups is 1. The summed E-state index contributed by atoms with van der Waals surface area (Å²) < 4.78 is 0. The maximum Gasteiger partial charge on any atom is 0.156 e. The Morgan fingerprint density at radius 1 is 1.16 bits per heavy atom. The molecule has 2 fully saturated rings. The van der Waals surface area contributed by atoms with Crippen LogP contribution in [0.2, 0.25) is 0 Å². The summed E-state index contributed by atoms with van der Waals surface area (Å²) in [4.78, 5) is 12.1. The molecule has 0 spiro atoms. The van der Waals surface area contributed by atoms with Gasteiger partial charge in [0, 0.05) is 17.8 Å². The van der Waals surface area contributed by atoms with E-state index in [1.807, 2.05) is 26.0 Å². The Labute approximate surface area is 185 Å². The Morgan fingerprint density at radius 3 is 2.71 bits per heavy atom. The first-order chi connectivity index (χ1) is 14.8. The number of aryl methyl sites for hydroxylation is 1. The normalized spacial score (nSPS) is 36.7. The lowest BCUT2D eigenvalue weighted by molar-refractivity contribution is -0.114. The first kappa shape index (κ1) is 20.6. The Morgan fingerprint density at radius 2 is 1.97 bits per heavy atom. The summed E-state index contributed by atoms with van der Waals surface area (Å²) in [5, 5.41) is 21.8. The lowest BCUT2D eigenvalue weighted by atomic mass is 9.51. The predicted octanol–water partition coefficient (Wildman–Crippen LogP) is 5.35. The van der Waals surface area contributed by atoms with E-state index in [-0.39, 0.29) is 17.1 Å². The van der Waals surface area contributed by atoms with Crippen molar-refractivity contribution in [2.75, 3.05) is 0 Å².